The van der Waals surface area contributed by atoms with Crippen molar-refractivity contribution >= 4 is 29.2 Å². The van der Waals surface area contributed by atoms with Gasteiger partial charge in [0.15, 0.2) is 11.6 Å². The lowest BCUT2D eigenvalue weighted by Crippen LogP contribution is -2.45. The Hall–Kier alpha value is -3.35. The van der Waals surface area contributed by atoms with Crippen LogP contribution in [0.4, 0.5) is 45.5 Å². The van der Waals surface area contributed by atoms with Gasteiger partial charge in [-0.05, 0) is 38.1 Å². The highest BCUT2D eigenvalue weighted by molar-refractivity contribution is 5.66. The number of likely N-dealkylation sites (N-methyl/N-ethyl adjacent to an activating group) is 1. The second-order valence-corrected chi connectivity index (χ2v) is 8.72. The number of anilines is 4. The molecule has 0 atom stereocenters. The molecule has 3 N–H and O–H groups in total. The molecule has 1 aromatic heterocycles. The minimum atomic E-state index is -4.56. The fourth-order valence-electron chi connectivity index (χ4n) is 4.23. The van der Waals surface area contributed by atoms with Crippen molar-refractivity contribution in [1.29, 1.82) is 0 Å². The normalized spacial score (nSPS) is 18.0. The topological polar surface area (TPSA) is 96.9 Å². The van der Waals surface area contributed by atoms with E-state index in [0.29, 0.717) is 52.1 Å². The molecule has 13 heteroatoms. The highest BCUT2D eigenvalue weighted by atomic mass is 19.4. The number of nitrogens with one attached hydrogen (secondary N) is 2. The second kappa shape index (κ2) is 10.1. The lowest BCUT2D eigenvalue weighted by atomic mass is 10.1. The molecule has 0 unspecified atom stereocenters. The number of aromatic nitrogens is 2. The first-order valence-corrected chi connectivity index (χ1v) is 11.3. The van der Waals surface area contributed by atoms with Crippen LogP contribution < -0.4 is 15.5 Å². The van der Waals surface area contributed by atoms with Gasteiger partial charge >= 0.3 is 12.3 Å². The van der Waals surface area contributed by atoms with Gasteiger partial charge in [-0.1, -0.05) is 0 Å². The van der Waals surface area contributed by atoms with Gasteiger partial charge < -0.3 is 30.4 Å². The fourth-order valence-corrected chi connectivity index (χ4v) is 4.23. The minimum Gasteiger partial charge on any atom is -0.465 e. The van der Waals surface area contributed by atoms with Crippen molar-refractivity contribution < 1.29 is 27.5 Å². The summed E-state index contributed by atoms with van der Waals surface area (Å²) in [5.74, 6) is -0.865. The molecule has 4 rings (SSSR count). The standard InChI is InChI=1S/C22H27F4N7O2/c1-31-8-10-32(11-9-31)18-3-2-15(12-16(18)22(24,25)26)29-20-27-13-17(23)19(30-20)28-14-4-6-33(7-5-14)21(34)35/h2-3,12-14H,4-11H2,1H3,(H,34,35)(H2,27,28,29,30). The predicted molar refractivity (Wildman–Crippen MR) is 123 cm³/mol. The zero-order valence-corrected chi connectivity index (χ0v) is 19.1. The Morgan fingerprint density at radius 3 is 2.43 bits per heavy atom. The molecule has 2 aliphatic heterocycles. The van der Waals surface area contributed by atoms with Crippen LogP contribution in [-0.2, 0) is 6.18 Å². The first-order chi connectivity index (χ1) is 16.6. The van der Waals surface area contributed by atoms with Gasteiger partial charge in [-0.2, -0.15) is 18.2 Å². The molecule has 2 saturated heterocycles. The van der Waals surface area contributed by atoms with Gasteiger partial charge in [-0.25, -0.2) is 14.2 Å². The predicted octanol–water partition coefficient (Wildman–Crippen LogP) is 3.68. The SMILES string of the molecule is CN1CCN(c2ccc(Nc3ncc(F)c(NC4CCN(C(=O)O)CC4)n3)cc2C(F)(F)F)CC1. The molecule has 1 aromatic carbocycles. The van der Waals surface area contributed by atoms with Gasteiger partial charge in [-0.15, -0.1) is 0 Å². The summed E-state index contributed by atoms with van der Waals surface area (Å²) in [5, 5.41) is 14.7. The number of amides is 1. The Labute approximate surface area is 199 Å². The summed E-state index contributed by atoms with van der Waals surface area (Å²) in [4.78, 5) is 24.1. The monoisotopic (exact) mass is 497 g/mol. The van der Waals surface area contributed by atoms with Crippen molar-refractivity contribution in [2.45, 2.75) is 25.1 Å². The number of alkyl halides is 3. The van der Waals surface area contributed by atoms with Crippen molar-refractivity contribution in [2.75, 3.05) is 61.8 Å². The average Bonchev–Trinajstić information content (AvgIpc) is 2.81. The van der Waals surface area contributed by atoms with Crippen molar-refractivity contribution in [3.05, 3.63) is 35.8 Å². The van der Waals surface area contributed by atoms with E-state index in [1.54, 1.807) is 4.90 Å². The number of hydrogen-bond donors (Lipinski definition) is 3. The Morgan fingerprint density at radius 2 is 1.80 bits per heavy atom. The molecule has 9 nitrogen and oxygen atoms in total. The maximum atomic E-state index is 14.3. The Bertz CT molecular complexity index is 1050. The third kappa shape index (κ3) is 6.02. The first-order valence-electron chi connectivity index (χ1n) is 11.3. The fraction of sp³-hybridized carbons (Fsp3) is 0.500. The lowest BCUT2D eigenvalue weighted by Gasteiger charge is -2.35. The van der Waals surface area contributed by atoms with Crippen LogP contribution >= 0.6 is 0 Å². The number of carbonyl (C=O) groups is 1. The summed E-state index contributed by atoms with van der Waals surface area (Å²) < 4.78 is 55.9. The molecular weight excluding hydrogens is 470 g/mol. The van der Waals surface area contributed by atoms with Crippen molar-refractivity contribution in [3.8, 4) is 0 Å². The minimum absolute atomic E-state index is 0.0580. The van der Waals surface area contributed by atoms with Crippen LogP contribution in [-0.4, -0.2) is 83.3 Å². The summed E-state index contributed by atoms with van der Waals surface area (Å²) in [5.41, 5.74) is -0.522. The van der Waals surface area contributed by atoms with Crippen LogP contribution in [0.1, 0.15) is 18.4 Å². The van der Waals surface area contributed by atoms with Gasteiger partial charge in [0.05, 0.1) is 11.8 Å². The Kier molecular flexibility index (Phi) is 7.15. The summed E-state index contributed by atoms with van der Waals surface area (Å²) in [7, 11) is 1.93. The molecule has 3 heterocycles. The molecule has 0 aliphatic carbocycles. The number of halogens is 4. The van der Waals surface area contributed by atoms with Crippen LogP contribution in [0.2, 0.25) is 0 Å². The molecule has 35 heavy (non-hydrogen) atoms. The molecule has 2 fully saturated rings. The van der Waals surface area contributed by atoms with Crippen LogP contribution in [0.5, 0.6) is 0 Å². The number of rotatable bonds is 5. The van der Waals surface area contributed by atoms with Crippen molar-refractivity contribution in [1.82, 2.24) is 19.8 Å². The molecule has 2 aromatic rings. The zero-order chi connectivity index (χ0) is 25.2. The van der Waals surface area contributed by atoms with Gasteiger partial charge in [0, 0.05) is 56.7 Å². The molecule has 2 aliphatic rings. The van der Waals surface area contributed by atoms with Gasteiger partial charge in [0.1, 0.15) is 0 Å². The zero-order valence-electron chi connectivity index (χ0n) is 19.1. The third-order valence-electron chi connectivity index (χ3n) is 6.25. The number of piperazine rings is 1. The van der Waals surface area contributed by atoms with E-state index in [1.807, 2.05) is 7.05 Å². The van der Waals surface area contributed by atoms with E-state index >= 15 is 0 Å². The quantitative estimate of drug-likeness (QED) is 0.539. The molecular formula is C22H27F4N7O2. The van der Waals surface area contributed by atoms with E-state index in [4.69, 9.17) is 5.11 Å². The molecule has 190 valence electrons. The Balaban J connectivity index is 1.49. The van der Waals surface area contributed by atoms with Crippen molar-refractivity contribution in [2.24, 2.45) is 0 Å². The van der Waals surface area contributed by atoms with E-state index in [-0.39, 0.29) is 29.2 Å². The van der Waals surface area contributed by atoms with E-state index in [9.17, 15) is 22.4 Å². The van der Waals surface area contributed by atoms with E-state index < -0.39 is 23.7 Å². The van der Waals surface area contributed by atoms with Crippen LogP contribution in [0, 0.1) is 5.82 Å². The summed E-state index contributed by atoms with van der Waals surface area (Å²) >= 11 is 0. The summed E-state index contributed by atoms with van der Waals surface area (Å²) in [6.45, 7) is 2.95. The molecule has 1 amide bonds. The van der Waals surface area contributed by atoms with Gasteiger partial charge in [-0.3, -0.25) is 0 Å². The summed E-state index contributed by atoms with van der Waals surface area (Å²) in [6, 6.07) is 3.76. The maximum Gasteiger partial charge on any atom is 0.418 e. The van der Waals surface area contributed by atoms with Crippen LogP contribution in [0.25, 0.3) is 0 Å². The largest absolute Gasteiger partial charge is 0.465 e. The number of piperidine rings is 1. The summed E-state index contributed by atoms with van der Waals surface area (Å²) in [6.07, 6.45) is -3.67. The van der Waals surface area contributed by atoms with Crippen LogP contribution in [0.3, 0.4) is 0 Å². The second-order valence-electron chi connectivity index (χ2n) is 8.72. The third-order valence-corrected chi connectivity index (χ3v) is 6.25. The number of benzene rings is 1. The molecule has 0 radical (unpaired) electrons. The number of hydrogen-bond acceptors (Lipinski definition) is 7. The molecule has 0 saturated carbocycles. The van der Waals surface area contributed by atoms with Crippen LogP contribution in [0.15, 0.2) is 24.4 Å². The highest BCUT2D eigenvalue weighted by Crippen LogP contribution is 2.39. The first kappa shape index (κ1) is 24.8. The van der Waals surface area contributed by atoms with E-state index in [0.717, 1.165) is 12.3 Å². The average molecular weight is 497 g/mol. The van der Waals surface area contributed by atoms with E-state index in [1.165, 1.54) is 17.0 Å². The van der Waals surface area contributed by atoms with E-state index in [2.05, 4.69) is 25.5 Å². The molecule has 0 bridgehead atoms. The highest BCUT2D eigenvalue weighted by Gasteiger charge is 2.36. The molecule has 0 spiro atoms. The maximum absolute atomic E-state index is 14.3. The number of likely N-dealkylation sites (tertiary alicyclic amines) is 1. The van der Waals surface area contributed by atoms with Gasteiger partial charge in [0.2, 0.25) is 5.95 Å². The smallest absolute Gasteiger partial charge is 0.418 e. The van der Waals surface area contributed by atoms with Crippen molar-refractivity contribution in [3.63, 3.8) is 0 Å². The Morgan fingerprint density at radius 1 is 1.11 bits per heavy atom. The number of nitrogens with zero attached hydrogens (tertiary/aromatic N) is 5. The lowest BCUT2D eigenvalue weighted by molar-refractivity contribution is -0.137. The number of carboxylic acid groups (broad SMARTS) is 1. The van der Waals surface area contributed by atoms with Gasteiger partial charge in [0.25, 0.3) is 0 Å².